The topological polar surface area (TPSA) is 36.9 Å². The van der Waals surface area contributed by atoms with E-state index in [1.54, 1.807) is 18.2 Å². The molecule has 0 atom stereocenters. The minimum atomic E-state index is -4.79. The molecule has 0 spiro atoms. The van der Waals surface area contributed by atoms with E-state index in [9.17, 15) is 13.2 Å². The van der Waals surface area contributed by atoms with Gasteiger partial charge in [0.15, 0.2) is 15.1 Å². The summed E-state index contributed by atoms with van der Waals surface area (Å²) in [7, 11) is 4.57. The van der Waals surface area contributed by atoms with Crippen molar-refractivity contribution in [3.05, 3.63) is 42.5 Å². The van der Waals surface area contributed by atoms with Crippen LogP contribution in [0.4, 0.5) is 13.2 Å². The zero-order chi connectivity index (χ0) is 18.6. The van der Waals surface area contributed by atoms with E-state index >= 15 is 0 Å². The molecule has 25 heavy (non-hydrogen) atoms. The number of hydrogen-bond donors (Lipinski definition) is 0. The maximum absolute atomic E-state index is 12.3. The second-order valence-corrected chi connectivity index (χ2v) is 7.83. The molecule has 0 unspecified atom stereocenters. The van der Waals surface area contributed by atoms with Crippen LogP contribution in [-0.4, -0.2) is 27.7 Å². The molecule has 0 bridgehead atoms. The molecule has 0 aromatic heterocycles. The molecule has 0 saturated heterocycles. The van der Waals surface area contributed by atoms with Gasteiger partial charge in [0.1, 0.15) is 11.5 Å². The first-order chi connectivity index (χ1) is 11.8. The van der Waals surface area contributed by atoms with Crippen LogP contribution in [0.3, 0.4) is 0 Å². The van der Waals surface area contributed by atoms with Crippen molar-refractivity contribution in [3.63, 3.8) is 0 Å². The van der Waals surface area contributed by atoms with Crippen LogP contribution in [0.2, 0.25) is 5.02 Å². The first kappa shape index (κ1) is 19.8. The van der Waals surface area contributed by atoms with Gasteiger partial charge >= 0.3 is 27.6 Å². The quantitative estimate of drug-likeness (QED) is 0.575. The first-order valence-corrected chi connectivity index (χ1v) is 9.31. The minimum absolute atomic E-state index is 0.110. The van der Waals surface area contributed by atoms with Crippen molar-refractivity contribution in [2.75, 3.05) is 21.3 Å². The van der Waals surface area contributed by atoms with Gasteiger partial charge < -0.3 is 18.9 Å². The smallest absolute Gasteiger partial charge is 0.496 e. The van der Waals surface area contributed by atoms with Gasteiger partial charge in [0, 0.05) is 18.2 Å². The Balaban J connectivity index is 2.35. The third-order valence-corrected chi connectivity index (χ3v) is 6.17. The van der Waals surface area contributed by atoms with Crippen molar-refractivity contribution >= 4 is 11.6 Å². The fraction of sp³-hybridized carbons (Fsp3) is 0.250. The van der Waals surface area contributed by atoms with Crippen molar-refractivity contribution in [2.24, 2.45) is 0 Å². The maximum Gasteiger partial charge on any atom is 0.573 e. The number of ether oxygens (including phenoxy) is 4. The number of halogens is 5. The SMILES string of the molecule is COc1cc(OC)c([I+]c2ccc(OC(F)(F)F)c(Cl)c2)c(OC)c1. The minimum Gasteiger partial charge on any atom is -0.496 e. The van der Waals surface area contributed by atoms with E-state index in [0.717, 1.165) is 7.14 Å². The molecule has 0 aliphatic carbocycles. The Morgan fingerprint density at radius 1 is 0.880 bits per heavy atom. The molecule has 2 rings (SSSR count). The highest BCUT2D eigenvalue weighted by molar-refractivity contribution is 6.32. The summed E-state index contributed by atoms with van der Waals surface area (Å²) < 4.78 is 58.4. The van der Waals surface area contributed by atoms with Crippen LogP contribution in [0.15, 0.2) is 30.3 Å². The van der Waals surface area contributed by atoms with Gasteiger partial charge in [-0.3, -0.25) is 0 Å². The van der Waals surface area contributed by atoms with E-state index in [1.807, 2.05) is 0 Å². The van der Waals surface area contributed by atoms with Gasteiger partial charge in [-0.25, -0.2) is 0 Å². The zero-order valence-electron chi connectivity index (χ0n) is 13.4. The standard InChI is InChI=1S/C16H14ClF3IO4/c1-22-10-7-13(23-2)15(14(8-10)24-3)21-9-4-5-12(11(17)6-9)25-16(18,19)20/h4-8H,1-3H3/q+1. The fourth-order valence-electron chi connectivity index (χ4n) is 1.91. The molecule has 2 aromatic carbocycles. The summed E-state index contributed by atoms with van der Waals surface area (Å²) in [5.74, 6) is 1.30. The van der Waals surface area contributed by atoms with Gasteiger partial charge in [-0.05, 0) is 12.1 Å². The lowest BCUT2D eigenvalue weighted by Gasteiger charge is -2.10. The number of alkyl halides is 3. The third kappa shape index (κ3) is 5.21. The highest BCUT2D eigenvalue weighted by Crippen LogP contribution is 2.30. The molecule has 0 N–H and O–H groups in total. The van der Waals surface area contributed by atoms with Gasteiger partial charge in [-0.2, -0.15) is 0 Å². The molecule has 0 heterocycles. The number of methoxy groups -OCH3 is 3. The monoisotopic (exact) mass is 489 g/mol. The Bertz CT molecular complexity index is 728. The predicted molar refractivity (Wildman–Crippen MR) is 81.6 cm³/mol. The van der Waals surface area contributed by atoms with Crippen molar-refractivity contribution < 1.29 is 53.3 Å². The summed E-state index contributed by atoms with van der Waals surface area (Å²) in [5.41, 5.74) is 0. The van der Waals surface area contributed by atoms with E-state index < -0.39 is 33.3 Å². The van der Waals surface area contributed by atoms with E-state index in [4.69, 9.17) is 25.8 Å². The number of hydrogen-bond acceptors (Lipinski definition) is 4. The van der Waals surface area contributed by atoms with Crippen LogP contribution in [-0.2, 0) is 0 Å². The summed E-state index contributed by atoms with van der Waals surface area (Å²) in [4.78, 5) is 0. The highest BCUT2D eigenvalue weighted by atomic mass is 127. The van der Waals surface area contributed by atoms with Crippen molar-refractivity contribution in [3.8, 4) is 23.0 Å². The zero-order valence-corrected chi connectivity index (χ0v) is 16.3. The number of benzene rings is 2. The molecule has 0 aliphatic heterocycles. The molecule has 0 saturated carbocycles. The summed E-state index contributed by atoms with van der Waals surface area (Å²) in [5, 5.41) is -0.110. The second kappa shape index (κ2) is 8.22. The summed E-state index contributed by atoms with van der Waals surface area (Å²) >= 11 is 5.07. The maximum atomic E-state index is 12.3. The lowest BCUT2D eigenvalue weighted by atomic mass is 10.3. The average molecular weight is 490 g/mol. The summed E-state index contributed by atoms with van der Waals surface area (Å²) in [6.45, 7) is 0. The normalized spacial score (nSPS) is 11.2. The average Bonchev–Trinajstić information content (AvgIpc) is 2.56. The van der Waals surface area contributed by atoms with Crippen molar-refractivity contribution in [1.82, 2.24) is 0 Å². The van der Waals surface area contributed by atoms with Crippen LogP contribution in [0.1, 0.15) is 0 Å². The van der Waals surface area contributed by atoms with Gasteiger partial charge in [-0.15, -0.1) is 13.2 Å². The first-order valence-electron chi connectivity index (χ1n) is 6.77. The molecular weight excluding hydrogens is 476 g/mol. The van der Waals surface area contributed by atoms with E-state index in [-0.39, 0.29) is 5.02 Å². The van der Waals surface area contributed by atoms with Crippen LogP contribution < -0.4 is 40.2 Å². The van der Waals surface area contributed by atoms with Gasteiger partial charge in [-0.1, -0.05) is 11.6 Å². The predicted octanol–water partition coefficient (Wildman–Crippen LogP) is 1.39. The molecule has 9 heteroatoms. The van der Waals surface area contributed by atoms with E-state index in [2.05, 4.69) is 4.74 Å². The molecule has 0 fully saturated rings. The summed E-state index contributed by atoms with van der Waals surface area (Å²) in [6, 6.07) is 7.65. The number of rotatable bonds is 6. The fourth-order valence-corrected chi connectivity index (χ4v) is 5.04. The Morgan fingerprint density at radius 3 is 1.92 bits per heavy atom. The molecule has 0 amide bonds. The van der Waals surface area contributed by atoms with Crippen LogP contribution in [0.5, 0.6) is 23.0 Å². The molecular formula is C16H14ClF3IO4+. The van der Waals surface area contributed by atoms with Crippen molar-refractivity contribution in [1.29, 1.82) is 0 Å². The highest BCUT2D eigenvalue weighted by Gasteiger charge is 2.33. The molecule has 136 valence electrons. The summed E-state index contributed by atoms with van der Waals surface area (Å²) in [6.07, 6.45) is -4.79. The Kier molecular flexibility index (Phi) is 6.50. The molecule has 2 aromatic rings. The molecule has 4 nitrogen and oxygen atoms in total. The Morgan fingerprint density at radius 2 is 1.48 bits per heavy atom. The van der Waals surface area contributed by atoms with Gasteiger partial charge in [0.2, 0.25) is 0 Å². The van der Waals surface area contributed by atoms with Gasteiger partial charge in [0.25, 0.3) is 3.57 Å². The largest absolute Gasteiger partial charge is 0.573 e. The lowest BCUT2D eigenvalue weighted by Crippen LogP contribution is -3.61. The van der Waals surface area contributed by atoms with Gasteiger partial charge in [0.05, 0.1) is 26.4 Å². The van der Waals surface area contributed by atoms with Crippen molar-refractivity contribution in [2.45, 2.75) is 6.36 Å². The lowest BCUT2D eigenvalue weighted by molar-refractivity contribution is -0.598. The van der Waals surface area contributed by atoms with E-state index in [0.29, 0.717) is 17.2 Å². The van der Waals surface area contributed by atoms with E-state index in [1.165, 1.54) is 33.5 Å². The third-order valence-electron chi connectivity index (χ3n) is 2.98. The van der Waals surface area contributed by atoms with Crippen LogP contribution in [0, 0.1) is 7.14 Å². The second-order valence-electron chi connectivity index (χ2n) is 4.56. The Hall–Kier alpha value is -1.55. The Labute approximate surface area is 158 Å². The molecule has 0 radical (unpaired) electrons. The van der Waals surface area contributed by atoms with Crippen LogP contribution >= 0.6 is 11.6 Å². The molecule has 0 aliphatic rings. The van der Waals surface area contributed by atoms with Crippen LogP contribution in [0.25, 0.3) is 0 Å².